The Morgan fingerprint density at radius 1 is 0.448 bits per heavy atom. The number of rotatable bonds is 11. The van der Waals surface area contributed by atoms with Gasteiger partial charge in [-0.25, -0.2) is 15.0 Å². The van der Waals surface area contributed by atoms with Gasteiger partial charge in [0, 0.05) is 45.8 Å². The van der Waals surface area contributed by atoms with E-state index in [2.05, 4.69) is 146 Å². The Morgan fingerprint density at radius 2 is 0.821 bits per heavy atom. The van der Waals surface area contributed by atoms with Crippen molar-refractivity contribution in [3.63, 3.8) is 0 Å². The Morgan fingerprint density at radius 3 is 1.21 bits per heavy atom. The highest BCUT2D eigenvalue weighted by molar-refractivity contribution is 6.38. The third-order valence-corrected chi connectivity index (χ3v) is 10.6. The van der Waals surface area contributed by atoms with Gasteiger partial charge in [0.05, 0.1) is 11.4 Å². The van der Waals surface area contributed by atoms with Gasteiger partial charge in [0.15, 0.2) is 17.5 Å². The van der Waals surface area contributed by atoms with Crippen LogP contribution in [0.4, 0.5) is 0 Å². The number of benzene rings is 6. The van der Waals surface area contributed by atoms with Gasteiger partial charge < -0.3 is 10.0 Å². The Labute approximate surface area is 395 Å². The molecule has 8 heteroatoms. The first-order valence-corrected chi connectivity index (χ1v) is 22.8. The lowest BCUT2D eigenvalue weighted by Crippen LogP contribution is -2.01. The van der Waals surface area contributed by atoms with Gasteiger partial charge in [0.1, 0.15) is 0 Å². The smallest absolute Gasteiger partial charge is 0.427 e. The summed E-state index contributed by atoms with van der Waals surface area (Å²) in [5, 5.41) is 15.2. The Hall–Kier alpha value is -7.91. The van der Waals surface area contributed by atoms with Crippen molar-refractivity contribution in [3.8, 4) is 89.9 Å². The number of pyridine rings is 2. The monoisotopic (exact) mass is 875 g/mol. The van der Waals surface area contributed by atoms with Crippen LogP contribution in [0, 0.1) is 0 Å². The highest BCUT2D eigenvalue weighted by Crippen LogP contribution is 2.36. The average Bonchev–Trinajstić information content (AvgIpc) is 3.40. The highest BCUT2D eigenvalue weighted by Gasteiger charge is 2.17. The third-order valence-electron chi connectivity index (χ3n) is 10.6. The fourth-order valence-corrected chi connectivity index (χ4v) is 7.53. The standard InChI is InChI=1S/C56H43N5.C2H6.CH5BO2/c1-3-17-41(18-4-2)52-29-27-44(37-57-52)48-31-46(39-19-9-5-10-20-39)33-50(35-48)55-59-54(43-25-15-8-16-26-43)60-56(61-55)51-34-47(40-21-11-6-12-22-40)32-49(36-51)45-28-30-53(58-38-45)42-23-13-7-14-24-42;1-2;1-2(3)4/h3,5-38H,4H2,1-2H3;1-2H3;3-4H,1H3/b17-3-,41-18+;;. The lowest BCUT2D eigenvalue weighted by molar-refractivity contribution is 0.417. The van der Waals surface area contributed by atoms with Crippen LogP contribution >= 0.6 is 0 Å². The van der Waals surface area contributed by atoms with Crippen LogP contribution in [0.25, 0.3) is 95.5 Å². The number of hydrogen-bond acceptors (Lipinski definition) is 7. The van der Waals surface area contributed by atoms with E-state index in [1.165, 1.54) is 6.82 Å². The van der Waals surface area contributed by atoms with Gasteiger partial charge in [-0.3, -0.25) is 9.97 Å². The van der Waals surface area contributed by atoms with E-state index in [1.54, 1.807) is 0 Å². The fourth-order valence-electron chi connectivity index (χ4n) is 7.53. The van der Waals surface area contributed by atoms with Crippen molar-refractivity contribution in [2.45, 2.75) is 40.9 Å². The zero-order valence-electron chi connectivity index (χ0n) is 38.6. The van der Waals surface area contributed by atoms with Crippen molar-refractivity contribution >= 4 is 12.7 Å². The number of nitrogens with zero attached hydrogens (tertiary/aromatic N) is 5. The molecule has 7 nitrogen and oxygen atoms in total. The van der Waals surface area contributed by atoms with Crippen LogP contribution < -0.4 is 0 Å². The first kappa shape index (κ1) is 47.1. The highest BCUT2D eigenvalue weighted by atomic mass is 16.4. The summed E-state index contributed by atoms with van der Waals surface area (Å²) in [6.07, 6.45) is 11.2. The molecule has 9 rings (SSSR count). The lowest BCUT2D eigenvalue weighted by Gasteiger charge is -2.14. The van der Waals surface area contributed by atoms with E-state index in [4.69, 9.17) is 35.0 Å². The summed E-state index contributed by atoms with van der Waals surface area (Å²) < 4.78 is 0. The minimum atomic E-state index is -1.17. The molecular weight excluding hydrogens is 821 g/mol. The van der Waals surface area contributed by atoms with Crippen LogP contribution in [0.2, 0.25) is 6.82 Å². The molecule has 0 bridgehead atoms. The van der Waals surface area contributed by atoms with Gasteiger partial charge in [0.25, 0.3) is 0 Å². The molecule has 0 fully saturated rings. The lowest BCUT2D eigenvalue weighted by atomic mass is 9.95. The van der Waals surface area contributed by atoms with Crippen molar-refractivity contribution in [1.82, 2.24) is 24.9 Å². The molecule has 3 heterocycles. The summed E-state index contributed by atoms with van der Waals surface area (Å²) >= 11 is 0. The molecule has 0 saturated heterocycles. The quantitative estimate of drug-likeness (QED) is 0.0985. The molecular formula is C59H54BN5O2. The molecule has 0 atom stereocenters. The molecule has 9 aromatic rings. The molecule has 0 aliphatic carbocycles. The second kappa shape index (κ2) is 23.3. The predicted molar refractivity (Wildman–Crippen MR) is 279 cm³/mol. The predicted octanol–water partition coefficient (Wildman–Crippen LogP) is 14.5. The van der Waals surface area contributed by atoms with Crippen LogP contribution in [0.1, 0.15) is 39.8 Å². The maximum Gasteiger partial charge on any atom is 0.448 e. The topological polar surface area (TPSA) is 105 Å². The van der Waals surface area contributed by atoms with Crippen LogP contribution in [-0.2, 0) is 0 Å². The number of hydrogen-bond donors (Lipinski definition) is 2. The number of allylic oxidation sites excluding steroid dienone is 4. The van der Waals surface area contributed by atoms with Crippen molar-refractivity contribution in [2.75, 3.05) is 0 Å². The molecule has 330 valence electrons. The van der Waals surface area contributed by atoms with E-state index in [9.17, 15) is 0 Å². The van der Waals surface area contributed by atoms with Crippen LogP contribution in [0.15, 0.2) is 213 Å². The molecule has 0 aliphatic rings. The van der Waals surface area contributed by atoms with Gasteiger partial charge in [0.2, 0.25) is 0 Å². The van der Waals surface area contributed by atoms with Gasteiger partial charge in [-0.2, -0.15) is 0 Å². The van der Waals surface area contributed by atoms with Gasteiger partial charge in [-0.05, 0) is 108 Å². The van der Waals surface area contributed by atoms with Crippen molar-refractivity contribution in [2.24, 2.45) is 0 Å². The van der Waals surface area contributed by atoms with Crippen LogP contribution in [-0.4, -0.2) is 42.1 Å². The minimum absolute atomic E-state index is 0.577. The minimum Gasteiger partial charge on any atom is -0.427 e. The van der Waals surface area contributed by atoms with E-state index < -0.39 is 7.12 Å². The van der Waals surface area contributed by atoms with E-state index in [1.807, 2.05) is 93.8 Å². The molecule has 0 amide bonds. The molecule has 0 aliphatic heterocycles. The maximum absolute atomic E-state index is 7.61. The summed E-state index contributed by atoms with van der Waals surface area (Å²) in [7, 11) is -1.17. The van der Waals surface area contributed by atoms with Crippen molar-refractivity contribution in [1.29, 1.82) is 0 Å². The Bertz CT molecular complexity index is 3030. The summed E-state index contributed by atoms with van der Waals surface area (Å²) in [4.78, 5) is 25.5. The second-order valence-corrected chi connectivity index (χ2v) is 15.4. The molecule has 3 aromatic heterocycles. The van der Waals surface area contributed by atoms with Crippen molar-refractivity contribution in [3.05, 3.63) is 218 Å². The first-order valence-electron chi connectivity index (χ1n) is 22.8. The fraction of sp³-hybridized carbons (Fsp3) is 0.102. The summed E-state index contributed by atoms with van der Waals surface area (Å²) in [5.41, 5.74) is 15.1. The van der Waals surface area contributed by atoms with Crippen LogP contribution in [0.3, 0.4) is 0 Å². The van der Waals surface area contributed by atoms with Crippen molar-refractivity contribution < 1.29 is 10.0 Å². The zero-order valence-corrected chi connectivity index (χ0v) is 38.6. The summed E-state index contributed by atoms with van der Waals surface area (Å²) in [5.74, 6) is 1.75. The Kier molecular flexibility index (Phi) is 16.4. The average molecular weight is 876 g/mol. The summed E-state index contributed by atoms with van der Waals surface area (Å²) in [6, 6.07) is 62.8. The SMILES string of the molecule is C/C=C\C(=C/CC)c1ccc(-c2cc(-c3ccccc3)cc(-c3nc(-c4ccccc4)nc(-c4cc(-c5ccccc5)cc(-c5ccc(-c6ccccc6)nc5)c4)n3)c2)cn1.CB(O)O.CC. The Balaban J connectivity index is 0.00000106. The van der Waals surface area contributed by atoms with E-state index >= 15 is 0 Å². The number of aromatic nitrogens is 5. The van der Waals surface area contributed by atoms with E-state index in [0.29, 0.717) is 17.5 Å². The molecule has 0 saturated carbocycles. The largest absolute Gasteiger partial charge is 0.448 e. The molecule has 67 heavy (non-hydrogen) atoms. The molecule has 0 radical (unpaired) electrons. The second-order valence-electron chi connectivity index (χ2n) is 15.4. The normalized spacial score (nSPS) is 11.0. The first-order chi connectivity index (χ1) is 32.8. The molecule has 6 aromatic carbocycles. The van der Waals surface area contributed by atoms with E-state index in [-0.39, 0.29) is 0 Å². The zero-order chi connectivity index (χ0) is 47.0. The van der Waals surface area contributed by atoms with Gasteiger partial charge in [-0.1, -0.05) is 172 Å². The summed E-state index contributed by atoms with van der Waals surface area (Å²) in [6.45, 7) is 9.46. The van der Waals surface area contributed by atoms with Gasteiger partial charge in [-0.15, -0.1) is 0 Å². The van der Waals surface area contributed by atoms with E-state index in [0.717, 1.165) is 90.1 Å². The molecule has 0 unspecified atom stereocenters. The molecule has 0 spiro atoms. The maximum atomic E-state index is 7.61. The third kappa shape index (κ3) is 12.3. The molecule has 2 N–H and O–H groups in total. The van der Waals surface area contributed by atoms with Crippen LogP contribution in [0.5, 0.6) is 0 Å². The van der Waals surface area contributed by atoms with Gasteiger partial charge >= 0.3 is 7.12 Å².